The molecule has 8 nitrogen and oxygen atoms in total. The van der Waals surface area contributed by atoms with Crippen LogP contribution in [-0.2, 0) is 21.2 Å². The fourth-order valence-corrected chi connectivity index (χ4v) is 3.37. The zero-order chi connectivity index (χ0) is 21.3. The molecule has 0 unspecified atom stereocenters. The van der Waals surface area contributed by atoms with Gasteiger partial charge in [-0.1, -0.05) is 24.3 Å². The maximum Gasteiger partial charge on any atom is 0.421 e. The van der Waals surface area contributed by atoms with E-state index in [0.29, 0.717) is 18.1 Å². The van der Waals surface area contributed by atoms with Crippen LogP contribution in [0.1, 0.15) is 11.1 Å². The highest BCUT2D eigenvalue weighted by Gasteiger charge is 2.18. The molecule has 0 spiro atoms. The van der Waals surface area contributed by atoms with Gasteiger partial charge in [0.15, 0.2) is 0 Å². The van der Waals surface area contributed by atoms with Crippen molar-refractivity contribution in [1.29, 1.82) is 0 Å². The summed E-state index contributed by atoms with van der Waals surface area (Å²) in [7, 11) is -4.06. The minimum absolute atomic E-state index is 0.0504. The molecule has 0 radical (unpaired) electrons. The van der Waals surface area contributed by atoms with E-state index in [4.69, 9.17) is 21.1 Å². The molecular formula is C19H21ClN2O6S. The second-order valence-electron chi connectivity index (χ2n) is 5.96. The van der Waals surface area contributed by atoms with Gasteiger partial charge in [-0.15, -0.1) is 11.6 Å². The van der Waals surface area contributed by atoms with Gasteiger partial charge in [0, 0.05) is 5.88 Å². The maximum atomic E-state index is 12.2. The molecule has 29 heavy (non-hydrogen) atoms. The highest BCUT2D eigenvalue weighted by Crippen LogP contribution is 2.13. The molecule has 2 N–H and O–H groups in total. The first-order valence-electron chi connectivity index (χ1n) is 8.67. The molecule has 2 amide bonds. The van der Waals surface area contributed by atoms with Crippen LogP contribution < -0.4 is 14.8 Å². The summed E-state index contributed by atoms with van der Waals surface area (Å²) in [4.78, 5) is 23.3. The fraction of sp³-hybridized carbons (Fsp3) is 0.263. The predicted molar refractivity (Wildman–Crippen MR) is 108 cm³/mol. The number of amides is 2. The lowest BCUT2D eigenvalue weighted by molar-refractivity contribution is 0.150. The van der Waals surface area contributed by atoms with E-state index in [2.05, 4.69) is 5.32 Å². The molecule has 2 aromatic carbocycles. The van der Waals surface area contributed by atoms with Crippen molar-refractivity contribution in [2.24, 2.45) is 0 Å². The molecule has 0 aliphatic carbocycles. The summed E-state index contributed by atoms with van der Waals surface area (Å²) in [5.74, 6) is 0.799. The van der Waals surface area contributed by atoms with Crippen molar-refractivity contribution in [3.05, 3.63) is 59.7 Å². The zero-order valence-electron chi connectivity index (χ0n) is 15.7. The first-order chi connectivity index (χ1) is 13.8. The molecule has 156 valence electrons. The number of hydrogen-bond donors (Lipinski definition) is 2. The van der Waals surface area contributed by atoms with Crippen LogP contribution in [0.15, 0.2) is 53.4 Å². The number of benzene rings is 2. The van der Waals surface area contributed by atoms with Gasteiger partial charge < -0.3 is 14.8 Å². The van der Waals surface area contributed by atoms with Gasteiger partial charge in [-0.25, -0.2) is 22.7 Å². The van der Waals surface area contributed by atoms with Crippen molar-refractivity contribution in [2.75, 3.05) is 19.0 Å². The van der Waals surface area contributed by atoms with E-state index in [1.54, 1.807) is 35.1 Å². The third-order valence-electron chi connectivity index (χ3n) is 3.64. The molecule has 0 aliphatic rings. The molecule has 2 rings (SSSR count). The number of nitrogens with one attached hydrogen (secondary N) is 2. The Morgan fingerprint density at radius 1 is 1.07 bits per heavy atom. The number of ether oxygens (including phenoxy) is 2. The number of carbonyl (C=O) groups excluding carboxylic acids is 2. The Morgan fingerprint density at radius 3 is 2.45 bits per heavy atom. The van der Waals surface area contributed by atoms with Crippen molar-refractivity contribution in [3.8, 4) is 5.75 Å². The summed E-state index contributed by atoms with van der Waals surface area (Å²) < 4.78 is 35.9. The van der Waals surface area contributed by atoms with Crippen LogP contribution >= 0.6 is 11.6 Å². The van der Waals surface area contributed by atoms with Crippen LogP contribution in [0, 0.1) is 6.92 Å². The Hall–Kier alpha value is -2.78. The molecular weight excluding hydrogens is 420 g/mol. The third-order valence-corrected chi connectivity index (χ3v) is 5.16. The number of aryl methyl sites for hydroxylation is 2. The second kappa shape index (κ2) is 10.7. The molecule has 0 saturated heterocycles. The second-order valence-corrected chi connectivity index (χ2v) is 8.02. The average molecular weight is 441 g/mol. The number of sulfonamides is 1. The third kappa shape index (κ3) is 7.63. The first kappa shape index (κ1) is 22.5. The van der Waals surface area contributed by atoms with Gasteiger partial charge in [0.05, 0.1) is 11.4 Å². The normalized spacial score (nSPS) is 10.8. The van der Waals surface area contributed by atoms with E-state index in [9.17, 15) is 18.0 Å². The van der Waals surface area contributed by atoms with Gasteiger partial charge in [0.25, 0.3) is 10.0 Å². The van der Waals surface area contributed by atoms with Crippen molar-refractivity contribution < 1.29 is 27.5 Å². The summed E-state index contributed by atoms with van der Waals surface area (Å²) in [5, 5.41) is 2.39. The first-order valence-corrected chi connectivity index (χ1v) is 10.7. The summed E-state index contributed by atoms with van der Waals surface area (Å²) in [6.07, 6.45) is -1.26. The minimum atomic E-state index is -4.06. The van der Waals surface area contributed by atoms with Gasteiger partial charge in [-0.3, -0.25) is 0 Å². The van der Waals surface area contributed by atoms with Gasteiger partial charge in [-0.05, 0) is 48.7 Å². The van der Waals surface area contributed by atoms with Gasteiger partial charge in [0.2, 0.25) is 0 Å². The van der Waals surface area contributed by atoms with Gasteiger partial charge in [-0.2, -0.15) is 0 Å². The van der Waals surface area contributed by atoms with E-state index in [0.717, 1.165) is 11.1 Å². The molecule has 2 aromatic rings. The van der Waals surface area contributed by atoms with E-state index in [1.165, 1.54) is 12.1 Å². The molecule has 10 heteroatoms. The van der Waals surface area contributed by atoms with Crippen molar-refractivity contribution in [1.82, 2.24) is 10.0 Å². The Bertz CT molecular complexity index is 947. The lowest BCUT2D eigenvalue weighted by Crippen LogP contribution is -2.34. The SMILES string of the molecule is Cc1cccc(OC(=O)NCCOC(=O)NS(=O)(=O)c2ccc(CCCl)cc2)c1. The largest absolute Gasteiger partial charge is 0.447 e. The lowest BCUT2D eigenvalue weighted by Gasteiger charge is -2.10. The number of hydrogen-bond acceptors (Lipinski definition) is 6. The summed E-state index contributed by atoms with van der Waals surface area (Å²) in [5.41, 5.74) is 1.82. The van der Waals surface area contributed by atoms with Crippen molar-refractivity contribution >= 4 is 33.8 Å². The van der Waals surface area contributed by atoms with E-state index < -0.39 is 22.2 Å². The van der Waals surface area contributed by atoms with Crippen LogP contribution in [-0.4, -0.2) is 39.6 Å². The lowest BCUT2D eigenvalue weighted by atomic mass is 10.2. The van der Waals surface area contributed by atoms with Crippen LogP contribution in [0.25, 0.3) is 0 Å². The van der Waals surface area contributed by atoms with Gasteiger partial charge >= 0.3 is 12.2 Å². The minimum Gasteiger partial charge on any atom is -0.447 e. The molecule has 0 atom stereocenters. The van der Waals surface area contributed by atoms with Crippen LogP contribution in [0.5, 0.6) is 5.75 Å². The molecule has 0 heterocycles. The zero-order valence-corrected chi connectivity index (χ0v) is 17.3. The quantitative estimate of drug-likeness (QED) is 0.482. The fourth-order valence-electron chi connectivity index (χ4n) is 2.26. The monoisotopic (exact) mass is 440 g/mol. The van der Waals surface area contributed by atoms with Crippen LogP contribution in [0.4, 0.5) is 9.59 Å². The van der Waals surface area contributed by atoms with E-state index in [-0.39, 0.29) is 18.0 Å². The maximum absolute atomic E-state index is 12.2. The number of rotatable bonds is 8. The van der Waals surface area contributed by atoms with E-state index >= 15 is 0 Å². The molecule has 0 bridgehead atoms. The van der Waals surface area contributed by atoms with Gasteiger partial charge in [0.1, 0.15) is 12.4 Å². The molecule has 0 aliphatic heterocycles. The molecule has 0 fully saturated rings. The highest BCUT2D eigenvalue weighted by molar-refractivity contribution is 7.90. The molecule has 0 aromatic heterocycles. The Labute approximate surface area is 174 Å². The Morgan fingerprint density at radius 2 is 1.79 bits per heavy atom. The van der Waals surface area contributed by atoms with Crippen LogP contribution in [0.2, 0.25) is 0 Å². The number of carbonyl (C=O) groups is 2. The summed E-state index contributed by atoms with van der Waals surface area (Å²) in [6.45, 7) is 1.57. The number of halogens is 1. The van der Waals surface area contributed by atoms with Crippen molar-refractivity contribution in [2.45, 2.75) is 18.2 Å². The van der Waals surface area contributed by atoms with Crippen LogP contribution in [0.3, 0.4) is 0 Å². The highest BCUT2D eigenvalue weighted by atomic mass is 35.5. The molecule has 0 saturated carbocycles. The Balaban J connectivity index is 1.73. The standard InChI is InChI=1S/C19H21ClN2O6S/c1-14-3-2-4-16(13-14)28-18(23)21-11-12-27-19(24)22-29(25,26)17-7-5-15(6-8-17)9-10-20/h2-8,13H,9-12H2,1H3,(H,21,23)(H,22,24). The van der Waals surface area contributed by atoms with E-state index in [1.807, 2.05) is 13.0 Å². The topological polar surface area (TPSA) is 111 Å². The summed E-state index contributed by atoms with van der Waals surface area (Å²) >= 11 is 5.64. The van der Waals surface area contributed by atoms with Crippen molar-refractivity contribution in [3.63, 3.8) is 0 Å². The smallest absolute Gasteiger partial charge is 0.421 e. The summed E-state index contributed by atoms with van der Waals surface area (Å²) in [6, 6.07) is 12.9. The predicted octanol–water partition coefficient (Wildman–Crippen LogP) is 2.98. The average Bonchev–Trinajstić information content (AvgIpc) is 2.66. The number of alkyl halides is 1. The Kier molecular flexibility index (Phi) is 8.29.